The lowest BCUT2D eigenvalue weighted by Gasteiger charge is -2.15. The highest BCUT2D eigenvalue weighted by Gasteiger charge is 2.11. The second-order valence-electron chi connectivity index (χ2n) is 10.3. The SMILES string of the molecule is c1ccc(-c2cccc(-c3ccc(Nc4ccc(-c5ccc6ccccc6c5)cc4)cc3-c3ccccc3)c2)cc1. The van der Waals surface area contributed by atoms with E-state index >= 15 is 0 Å². The van der Waals surface area contributed by atoms with Gasteiger partial charge < -0.3 is 5.32 Å². The van der Waals surface area contributed by atoms with Crippen molar-refractivity contribution in [2.75, 3.05) is 5.32 Å². The molecule has 0 radical (unpaired) electrons. The average Bonchev–Trinajstić information content (AvgIpc) is 3.06. The van der Waals surface area contributed by atoms with Crippen molar-refractivity contribution >= 4 is 22.1 Å². The maximum absolute atomic E-state index is 3.64. The first-order valence-corrected chi connectivity index (χ1v) is 14.0. The van der Waals surface area contributed by atoms with Crippen LogP contribution in [0.5, 0.6) is 0 Å². The summed E-state index contributed by atoms with van der Waals surface area (Å²) in [6.07, 6.45) is 0. The van der Waals surface area contributed by atoms with E-state index < -0.39 is 0 Å². The smallest absolute Gasteiger partial charge is 0.0390 e. The lowest BCUT2D eigenvalue weighted by atomic mass is 9.92. The topological polar surface area (TPSA) is 12.0 Å². The normalized spacial score (nSPS) is 10.9. The highest BCUT2D eigenvalue weighted by Crippen LogP contribution is 2.37. The molecular formula is C40H29N. The van der Waals surface area contributed by atoms with Crippen LogP contribution < -0.4 is 5.32 Å². The molecule has 0 atom stereocenters. The molecule has 7 aromatic rings. The first kappa shape index (κ1) is 24.6. The third kappa shape index (κ3) is 5.26. The summed E-state index contributed by atoms with van der Waals surface area (Å²) in [4.78, 5) is 0. The third-order valence-electron chi connectivity index (χ3n) is 7.64. The van der Waals surface area contributed by atoms with Crippen LogP contribution in [0.4, 0.5) is 11.4 Å². The Balaban J connectivity index is 1.21. The largest absolute Gasteiger partial charge is 0.356 e. The zero-order chi connectivity index (χ0) is 27.4. The van der Waals surface area contributed by atoms with Crippen LogP contribution in [0.2, 0.25) is 0 Å². The molecule has 0 fully saturated rings. The molecule has 0 amide bonds. The Morgan fingerprint density at radius 1 is 0.268 bits per heavy atom. The number of nitrogens with one attached hydrogen (secondary N) is 1. The molecule has 0 aliphatic rings. The Bertz CT molecular complexity index is 1940. The number of hydrogen-bond acceptors (Lipinski definition) is 1. The molecular weight excluding hydrogens is 494 g/mol. The van der Waals surface area contributed by atoms with Gasteiger partial charge in [-0.15, -0.1) is 0 Å². The Kier molecular flexibility index (Phi) is 6.61. The minimum absolute atomic E-state index is 1.06. The lowest BCUT2D eigenvalue weighted by Crippen LogP contribution is -1.93. The summed E-state index contributed by atoms with van der Waals surface area (Å²) in [5, 5.41) is 6.16. The molecule has 0 saturated heterocycles. The van der Waals surface area contributed by atoms with Gasteiger partial charge in [-0.2, -0.15) is 0 Å². The zero-order valence-electron chi connectivity index (χ0n) is 22.7. The van der Waals surface area contributed by atoms with Crippen molar-refractivity contribution in [3.05, 3.63) is 170 Å². The first-order valence-electron chi connectivity index (χ1n) is 14.0. The first-order chi connectivity index (χ1) is 20.3. The van der Waals surface area contributed by atoms with E-state index in [2.05, 4.69) is 175 Å². The van der Waals surface area contributed by atoms with E-state index in [9.17, 15) is 0 Å². The Hall–Kier alpha value is -5.40. The minimum atomic E-state index is 1.06. The van der Waals surface area contributed by atoms with Crippen LogP contribution in [0.1, 0.15) is 0 Å². The summed E-state index contributed by atoms with van der Waals surface area (Å²) in [5.74, 6) is 0. The van der Waals surface area contributed by atoms with Crippen LogP contribution >= 0.6 is 0 Å². The van der Waals surface area contributed by atoms with Gasteiger partial charge in [-0.1, -0.05) is 133 Å². The molecule has 0 aromatic heterocycles. The standard InChI is InChI=1S/C40H29N/c1-3-10-29(11-4-1)34-16-9-17-36(27-34)39-25-24-38(28-40(39)32-13-5-2-6-14-32)41-37-22-20-31(21-23-37)35-19-18-30-12-7-8-15-33(30)26-35/h1-28,41H. The van der Waals surface area contributed by atoms with Crippen LogP contribution in [0.25, 0.3) is 55.3 Å². The lowest BCUT2D eigenvalue weighted by molar-refractivity contribution is 1.52. The average molecular weight is 524 g/mol. The van der Waals surface area contributed by atoms with E-state index in [-0.39, 0.29) is 0 Å². The molecule has 0 saturated carbocycles. The number of anilines is 2. The summed E-state index contributed by atoms with van der Waals surface area (Å²) in [6, 6.07) is 60.5. The van der Waals surface area contributed by atoms with Crippen LogP contribution in [0.3, 0.4) is 0 Å². The summed E-state index contributed by atoms with van der Waals surface area (Å²) in [7, 11) is 0. The van der Waals surface area contributed by atoms with E-state index in [0.29, 0.717) is 0 Å². The fourth-order valence-corrected chi connectivity index (χ4v) is 5.51. The molecule has 1 nitrogen and oxygen atoms in total. The molecule has 41 heavy (non-hydrogen) atoms. The molecule has 194 valence electrons. The molecule has 0 aliphatic carbocycles. The van der Waals surface area contributed by atoms with Crippen LogP contribution in [-0.4, -0.2) is 0 Å². The molecule has 0 bridgehead atoms. The minimum Gasteiger partial charge on any atom is -0.356 e. The van der Waals surface area contributed by atoms with E-state index in [1.165, 1.54) is 55.3 Å². The van der Waals surface area contributed by atoms with Gasteiger partial charge in [0.25, 0.3) is 0 Å². The number of benzene rings is 7. The molecule has 0 unspecified atom stereocenters. The molecule has 0 aliphatic heterocycles. The second kappa shape index (κ2) is 11.0. The zero-order valence-corrected chi connectivity index (χ0v) is 22.7. The van der Waals surface area contributed by atoms with Gasteiger partial charge in [0, 0.05) is 11.4 Å². The van der Waals surface area contributed by atoms with Gasteiger partial charge in [0.15, 0.2) is 0 Å². The van der Waals surface area contributed by atoms with Crippen molar-refractivity contribution in [3.63, 3.8) is 0 Å². The summed E-state index contributed by atoms with van der Waals surface area (Å²) < 4.78 is 0. The molecule has 0 heterocycles. The molecule has 1 N–H and O–H groups in total. The van der Waals surface area contributed by atoms with Crippen molar-refractivity contribution in [1.82, 2.24) is 0 Å². The van der Waals surface area contributed by atoms with Gasteiger partial charge in [0.1, 0.15) is 0 Å². The summed E-state index contributed by atoms with van der Waals surface area (Å²) >= 11 is 0. The van der Waals surface area contributed by atoms with Crippen LogP contribution in [-0.2, 0) is 0 Å². The van der Waals surface area contributed by atoms with E-state index in [0.717, 1.165) is 11.4 Å². The Labute approximate surface area is 241 Å². The van der Waals surface area contributed by atoms with Crippen molar-refractivity contribution < 1.29 is 0 Å². The summed E-state index contributed by atoms with van der Waals surface area (Å²) in [6.45, 7) is 0. The van der Waals surface area contributed by atoms with Crippen molar-refractivity contribution in [3.8, 4) is 44.5 Å². The van der Waals surface area contributed by atoms with Gasteiger partial charge in [-0.25, -0.2) is 0 Å². The van der Waals surface area contributed by atoms with Gasteiger partial charge >= 0.3 is 0 Å². The van der Waals surface area contributed by atoms with Crippen molar-refractivity contribution in [2.24, 2.45) is 0 Å². The predicted molar refractivity (Wildman–Crippen MR) is 175 cm³/mol. The second-order valence-corrected chi connectivity index (χ2v) is 10.3. The maximum Gasteiger partial charge on any atom is 0.0390 e. The number of rotatable bonds is 6. The number of hydrogen-bond donors (Lipinski definition) is 1. The van der Waals surface area contributed by atoms with Crippen LogP contribution in [0.15, 0.2) is 170 Å². The van der Waals surface area contributed by atoms with Crippen molar-refractivity contribution in [1.29, 1.82) is 0 Å². The van der Waals surface area contributed by atoms with E-state index in [4.69, 9.17) is 0 Å². The fourth-order valence-electron chi connectivity index (χ4n) is 5.51. The van der Waals surface area contributed by atoms with Crippen molar-refractivity contribution in [2.45, 2.75) is 0 Å². The molecule has 0 spiro atoms. The monoisotopic (exact) mass is 523 g/mol. The van der Waals surface area contributed by atoms with Gasteiger partial charge in [-0.3, -0.25) is 0 Å². The highest BCUT2D eigenvalue weighted by molar-refractivity contribution is 5.89. The number of fused-ring (bicyclic) bond motifs is 1. The third-order valence-corrected chi connectivity index (χ3v) is 7.64. The quantitative estimate of drug-likeness (QED) is 0.229. The van der Waals surface area contributed by atoms with E-state index in [1.54, 1.807) is 0 Å². The van der Waals surface area contributed by atoms with Crippen LogP contribution in [0, 0.1) is 0 Å². The van der Waals surface area contributed by atoms with Gasteiger partial charge in [0.2, 0.25) is 0 Å². The highest BCUT2D eigenvalue weighted by atomic mass is 14.9. The summed E-state index contributed by atoms with van der Waals surface area (Å²) in [5.41, 5.74) is 11.8. The maximum atomic E-state index is 3.64. The molecule has 7 rings (SSSR count). The van der Waals surface area contributed by atoms with Gasteiger partial charge in [0.05, 0.1) is 0 Å². The molecule has 7 aromatic carbocycles. The molecule has 1 heteroatoms. The Morgan fingerprint density at radius 3 is 1.61 bits per heavy atom. The fraction of sp³-hybridized carbons (Fsp3) is 0. The predicted octanol–water partition coefficient (Wildman–Crippen LogP) is 11.3. The van der Waals surface area contributed by atoms with Gasteiger partial charge in [-0.05, 0) is 91.7 Å². The Morgan fingerprint density at radius 2 is 0.829 bits per heavy atom. The van der Waals surface area contributed by atoms with E-state index in [1.807, 2.05) is 0 Å².